The second-order valence-electron chi connectivity index (χ2n) is 7.38. The highest BCUT2D eigenvalue weighted by Crippen LogP contribution is 2.15. The third-order valence-electron chi connectivity index (χ3n) is 3.75. The number of carboxylic acids is 1. The maximum Gasteiger partial charge on any atom is 0.338 e. The van der Waals surface area contributed by atoms with Gasteiger partial charge in [0.25, 0.3) is 0 Å². The molecule has 0 spiro atoms. The van der Waals surface area contributed by atoms with Crippen LogP contribution in [0, 0.1) is 0 Å². The van der Waals surface area contributed by atoms with Gasteiger partial charge in [-0.3, -0.25) is 4.79 Å². The second kappa shape index (κ2) is 8.67. The molecule has 0 saturated heterocycles. The highest BCUT2D eigenvalue weighted by atomic mass is 16.6. The average Bonchev–Trinajstić information content (AvgIpc) is 2.61. The van der Waals surface area contributed by atoms with Gasteiger partial charge in [-0.25, -0.2) is 9.59 Å². The molecular weight excluding hydrogens is 360 g/mol. The summed E-state index contributed by atoms with van der Waals surface area (Å²) in [6.07, 6.45) is 0.197. The van der Waals surface area contributed by atoms with Crippen molar-refractivity contribution in [2.45, 2.75) is 38.8 Å². The van der Waals surface area contributed by atoms with Crippen LogP contribution < -0.4 is 11.1 Å². The summed E-state index contributed by atoms with van der Waals surface area (Å²) in [5, 5.41) is 11.7. The lowest BCUT2D eigenvalue weighted by Crippen LogP contribution is -2.37. The Morgan fingerprint density at radius 1 is 1.07 bits per heavy atom. The summed E-state index contributed by atoms with van der Waals surface area (Å²) in [6, 6.07) is 11.7. The van der Waals surface area contributed by atoms with Gasteiger partial charge in [0, 0.05) is 5.69 Å². The van der Waals surface area contributed by atoms with Crippen molar-refractivity contribution in [2.75, 3.05) is 5.32 Å². The molecule has 2 aromatic carbocycles. The van der Waals surface area contributed by atoms with Crippen LogP contribution in [0.3, 0.4) is 0 Å². The van der Waals surface area contributed by atoms with Gasteiger partial charge in [-0.05, 0) is 69.2 Å². The smallest absolute Gasteiger partial charge is 0.338 e. The highest BCUT2D eigenvalue weighted by molar-refractivity contribution is 5.96. The van der Waals surface area contributed by atoms with Crippen molar-refractivity contribution in [3.63, 3.8) is 0 Å². The number of carbonyl (C=O) groups excluding carboxylic acids is 2. The lowest BCUT2D eigenvalue weighted by Gasteiger charge is -2.19. The van der Waals surface area contributed by atoms with E-state index < -0.39 is 29.5 Å². The Bertz CT molecular complexity index is 869. The third kappa shape index (κ3) is 6.21. The fourth-order valence-corrected chi connectivity index (χ4v) is 2.44. The summed E-state index contributed by atoms with van der Waals surface area (Å²) < 4.78 is 5.29. The van der Waals surface area contributed by atoms with Crippen LogP contribution in [0.25, 0.3) is 0 Å². The molecule has 1 amide bonds. The lowest BCUT2D eigenvalue weighted by atomic mass is 10.0. The van der Waals surface area contributed by atoms with Gasteiger partial charge in [-0.1, -0.05) is 12.1 Å². The van der Waals surface area contributed by atoms with Crippen LogP contribution in [0.2, 0.25) is 0 Å². The van der Waals surface area contributed by atoms with Crippen molar-refractivity contribution in [1.29, 1.82) is 0 Å². The van der Waals surface area contributed by atoms with Crippen LogP contribution in [0.5, 0.6) is 0 Å². The zero-order chi connectivity index (χ0) is 20.9. The van der Waals surface area contributed by atoms with Crippen molar-refractivity contribution in [3.05, 3.63) is 65.2 Å². The molecule has 0 aromatic heterocycles. The molecule has 0 aliphatic rings. The average molecular weight is 384 g/mol. The van der Waals surface area contributed by atoms with E-state index in [9.17, 15) is 14.4 Å². The molecule has 2 rings (SSSR count). The van der Waals surface area contributed by atoms with Gasteiger partial charge in [0.15, 0.2) is 0 Å². The molecule has 1 atom stereocenters. The van der Waals surface area contributed by atoms with Crippen LogP contribution >= 0.6 is 0 Å². The van der Waals surface area contributed by atoms with Crippen LogP contribution in [0.4, 0.5) is 5.69 Å². The van der Waals surface area contributed by atoms with E-state index in [1.165, 1.54) is 12.1 Å². The molecule has 0 unspecified atom stereocenters. The Morgan fingerprint density at radius 3 is 2.29 bits per heavy atom. The van der Waals surface area contributed by atoms with Crippen molar-refractivity contribution in [1.82, 2.24) is 0 Å². The zero-order valence-electron chi connectivity index (χ0n) is 16.1. The molecule has 7 nitrogen and oxygen atoms in total. The number of amides is 1. The van der Waals surface area contributed by atoms with Gasteiger partial charge in [0.2, 0.25) is 5.91 Å². The van der Waals surface area contributed by atoms with Crippen molar-refractivity contribution in [3.8, 4) is 0 Å². The third-order valence-corrected chi connectivity index (χ3v) is 3.75. The molecule has 7 heteroatoms. The first-order valence-electron chi connectivity index (χ1n) is 8.77. The number of anilines is 1. The minimum Gasteiger partial charge on any atom is -0.478 e. The molecule has 4 N–H and O–H groups in total. The molecule has 0 saturated carbocycles. The summed E-state index contributed by atoms with van der Waals surface area (Å²) in [5.74, 6) is -1.89. The van der Waals surface area contributed by atoms with Gasteiger partial charge in [0.05, 0.1) is 17.2 Å². The maximum absolute atomic E-state index is 12.3. The van der Waals surface area contributed by atoms with E-state index in [0.717, 1.165) is 0 Å². The molecule has 148 valence electrons. The first kappa shape index (κ1) is 21.1. The standard InChI is InChI=1S/C21H24N2O5/c1-21(2,3)28-20(27)14-7-9-16(10-8-14)23-18(24)17(22)12-13-5-4-6-15(11-13)19(25)26/h4-11,17H,12,22H2,1-3H3,(H,23,24)(H,25,26)/t17-/m0/s1. The number of rotatable bonds is 6. The number of benzene rings is 2. The van der Waals surface area contributed by atoms with Crippen LogP contribution in [-0.2, 0) is 16.0 Å². The van der Waals surface area contributed by atoms with E-state index in [0.29, 0.717) is 16.8 Å². The van der Waals surface area contributed by atoms with Crippen LogP contribution in [0.1, 0.15) is 47.1 Å². The normalized spacial score (nSPS) is 12.1. The van der Waals surface area contributed by atoms with E-state index in [4.69, 9.17) is 15.6 Å². The SMILES string of the molecule is CC(C)(C)OC(=O)c1ccc(NC(=O)[C@@H](N)Cc2cccc(C(=O)O)c2)cc1. The summed E-state index contributed by atoms with van der Waals surface area (Å²) in [5.41, 5.74) is 7.02. The van der Waals surface area contributed by atoms with E-state index in [2.05, 4.69) is 5.32 Å². The largest absolute Gasteiger partial charge is 0.478 e. The molecule has 28 heavy (non-hydrogen) atoms. The molecule has 0 aliphatic carbocycles. The van der Waals surface area contributed by atoms with Gasteiger partial charge in [-0.15, -0.1) is 0 Å². The lowest BCUT2D eigenvalue weighted by molar-refractivity contribution is -0.117. The number of nitrogens with one attached hydrogen (secondary N) is 1. The van der Waals surface area contributed by atoms with Gasteiger partial charge in [0.1, 0.15) is 5.60 Å². The summed E-state index contributed by atoms with van der Waals surface area (Å²) in [7, 11) is 0. The number of carbonyl (C=O) groups is 3. The number of hydrogen-bond acceptors (Lipinski definition) is 5. The van der Waals surface area contributed by atoms with E-state index >= 15 is 0 Å². The number of nitrogens with two attached hydrogens (primary N) is 1. The highest BCUT2D eigenvalue weighted by Gasteiger charge is 2.18. The minimum atomic E-state index is -1.04. The first-order valence-corrected chi connectivity index (χ1v) is 8.77. The molecule has 2 aromatic rings. The molecule has 0 fully saturated rings. The second-order valence-corrected chi connectivity index (χ2v) is 7.38. The fraction of sp³-hybridized carbons (Fsp3) is 0.286. The Morgan fingerprint density at radius 2 is 1.71 bits per heavy atom. The number of esters is 1. The summed E-state index contributed by atoms with van der Waals surface area (Å²) >= 11 is 0. The summed E-state index contributed by atoms with van der Waals surface area (Å²) in [4.78, 5) is 35.3. The Labute approximate surface area is 163 Å². The van der Waals surface area contributed by atoms with Crippen molar-refractivity contribution < 1.29 is 24.2 Å². The van der Waals surface area contributed by atoms with Gasteiger partial charge < -0.3 is 20.9 Å². The van der Waals surface area contributed by atoms with Crippen molar-refractivity contribution in [2.24, 2.45) is 5.73 Å². The fourth-order valence-electron chi connectivity index (χ4n) is 2.44. The van der Waals surface area contributed by atoms with Crippen LogP contribution in [-0.4, -0.2) is 34.6 Å². The minimum absolute atomic E-state index is 0.142. The predicted octanol–water partition coefficient (Wildman–Crippen LogP) is 2.85. The van der Waals surface area contributed by atoms with E-state index in [1.54, 1.807) is 57.2 Å². The Hall–Kier alpha value is -3.19. The molecule has 0 heterocycles. The zero-order valence-corrected chi connectivity index (χ0v) is 16.1. The van der Waals surface area contributed by atoms with E-state index in [-0.39, 0.29) is 12.0 Å². The van der Waals surface area contributed by atoms with Gasteiger partial charge in [-0.2, -0.15) is 0 Å². The summed E-state index contributed by atoms with van der Waals surface area (Å²) in [6.45, 7) is 5.35. The van der Waals surface area contributed by atoms with Crippen molar-refractivity contribution >= 4 is 23.5 Å². The van der Waals surface area contributed by atoms with Crippen LogP contribution in [0.15, 0.2) is 48.5 Å². The molecule has 0 aliphatic heterocycles. The number of ether oxygens (including phenoxy) is 1. The quantitative estimate of drug-likeness (QED) is 0.659. The monoisotopic (exact) mass is 384 g/mol. The van der Waals surface area contributed by atoms with E-state index in [1.807, 2.05) is 0 Å². The van der Waals surface area contributed by atoms with Gasteiger partial charge >= 0.3 is 11.9 Å². The molecular formula is C21H24N2O5. The Kier molecular flexibility index (Phi) is 6.53. The maximum atomic E-state index is 12.3. The Balaban J connectivity index is 1.97. The number of hydrogen-bond donors (Lipinski definition) is 3. The molecule has 0 radical (unpaired) electrons. The predicted molar refractivity (Wildman–Crippen MR) is 105 cm³/mol. The number of aromatic carboxylic acids is 1. The molecule has 0 bridgehead atoms. The topological polar surface area (TPSA) is 119 Å². The number of carboxylic acid groups (broad SMARTS) is 1. The first-order chi connectivity index (χ1) is 13.0.